The average molecular weight is 355 g/mol. The minimum Gasteiger partial charge on any atom is -0.349 e. The van der Waals surface area contributed by atoms with Crippen molar-refractivity contribution in [2.45, 2.75) is 57.0 Å². The Morgan fingerprint density at radius 1 is 1.08 bits per heavy atom. The summed E-state index contributed by atoms with van der Waals surface area (Å²) in [4.78, 5) is 38.9. The van der Waals surface area contributed by atoms with Gasteiger partial charge in [0.2, 0.25) is 11.8 Å². The topological polar surface area (TPSA) is 78.5 Å². The van der Waals surface area contributed by atoms with Crippen LogP contribution in [-0.4, -0.2) is 41.2 Å². The van der Waals surface area contributed by atoms with Crippen molar-refractivity contribution in [3.63, 3.8) is 0 Å². The number of anilines is 1. The zero-order valence-corrected chi connectivity index (χ0v) is 14.9. The Morgan fingerprint density at radius 3 is 2.58 bits per heavy atom. The maximum absolute atomic E-state index is 12.6. The Kier molecular flexibility index (Phi) is 4.66. The molecule has 0 aromatic heterocycles. The summed E-state index contributed by atoms with van der Waals surface area (Å²) < 4.78 is 0. The molecule has 2 saturated carbocycles. The lowest BCUT2D eigenvalue weighted by molar-refractivity contribution is -0.129. The van der Waals surface area contributed by atoms with Gasteiger partial charge in [-0.3, -0.25) is 14.4 Å². The number of carbonyl (C=O) groups is 3. The van der Waals surface area contributed by atoms with Crippen molar-refractivity contribution in [2.24, 2.45) is 5.92 Å². The molecule has 4 rings (SSSR count). The van der Waals surface area contributed by atoms with Crippen LogP contribution in [0.5, 0.6) is 0 Å². The molecule has 1 aliphatic heterocycles. The standard InChI is InChI=1S/C20H25N3O3/c24-18-11-14(12-23(18)17-6-1-2-7-17)20(26)22-16-5-3-4-13(10-16)19(25)21-15-8-9-15/h3-5,10,14-15,17H,1-2,6-9,11-12H2,(H,21,25)(H,22,26)/t14-/m0/s1. The van der Waals surface area contributed by atoms with Crippen molar-refractivity contribution >= 4 is 23.4 Å². The molecule has 6 nitrogen and oxygen atoms in total. The maximum Gasteiger partial charge on any atom is 0.251 e. The van der Waals surface area contributed by atoms with Gasteiger partial charge in [0.25, 0.3) is 5.91 Å². The highest BCUT2D eigenvalue weighted by Crippen LogP contribution is 2.30. The molecule has 2 aliphatic carbocycles. The first-order valence-electron chi connectivity index (χ1n) is 9.61. The largest absolute Gasteiger partial charge is 0.349 e. The van der Waals surface area contributed by atoms with Crippen molar-refractivity contribution in [1.82, 2.24) is 10.2 Å². The first-order valence-corrected chi connectivity index (χ1v) is 9.61. The Bertz CT molecular complexity index is 723. The number of rotatable bonds is 5. The first kappa shape index (κ1) is 17.1. The maximum atomic E-state index is 12.6. The first-order chi connectivity index (χ1) is 12.6. The molecule has 6 heteroatoms. The lowest BCUT2D eigenvalue weighted by Crippen LogP contribution is -2.35. The molecule has 0 spiro atoms. The van der Waals surface area contributed by atoms with E-state index in [1.165, 1.54) is 12.8 Å². The van der Waals surface area contributed by atoms with Crippen LogP contribution in [0.1, 0.15) is 55.3 Å². The summed E-state index contributed by atoms with van der Waals surface area (Å²) in [6.45, 7) is 0.511. The zero-order valence-electron chi connectivity index (χ0n) is 14.9. The summed E-state index contributed by atoms with van der Waals surface area (Å²) in [6.07, 6.45) is 6.80. The van der Waals surface area contributed by atoms with Crippen LogP contribution in [0.3, 0.4) is 0 Å². The van der Waals surface area contributed by atoms with Crippen LogP contribution >= 0.6 is 0 Å². The van der Waals surface area contributed by atoms with E-state index in [9.17, 15) is 14.4 Å². The normalized spacial score (nSPS) is 23.3. The molecule has 1 saturated heterocycles. The third kappa shape index (κ3) is 3.74. The number of nitrogens with one attached hydrogen (secondary N) is 2. The summed E-state index contributed by atoms with van der Waals surface area (Å²) in [5, 5.41) is 5.83. The molecule has 3 aliphatic rings. The number of hydrogen-bond acceptors (Lipinski definition) is 3. The fourth-order valence-corrected chi connectivity index (χ4v) is 3.96. The van der Waals surface area contributed by atoms with E-state index in [0.29, 0.717) is 29.9 Å². The van der Waals surface area contributed by atoms with Crippen LogP contribution in [0.2, 0.25) is 0 Å². The Hall–Kier alpha value is -2.37. The van der Waals surface area contributed by atoms with E-state index < -0.39 is 0 Å². The molecule has 3 amide bonds. The molecule has 1 heterocycles. The van der Waals surface area contributed by atoms with Gasteiger partial charge in [-0.1, -0.05) is 18.9 Å². The number of benzene rings is 1. The molecule has 26 heavy (non-hydrogen) atoms. The highest BCUT2D eigenvalue weighted by atomic mass is 16.2. The van der Waals surface area contributed by atoms with Crippen molar-refractivity contribution in [2.75, 3.05) is 11.9 Å². The van der Waals surface area contributed by atoms with Gasteiger partial charge in [-0.2, -0.15) is 0 Å². The predicted molar refractivity (Wildman–Crippen MR) is 97.6 cm³/mol. The average Bonchev–Trinajstić information content (AvgIpc) is 3.12. The van der Waals surface area contributed by atoms with Gasteiger partial charge in [-0.25, -0.2) is 0 Å². The van der Waals surface area contributed by atoms with Crippen LogP contribution in [0.25, 0.3) is 0 Å². The summed E-state index contributed by atoms with van der Waals surface area (Å²) in [5.74, 6) is -0.465. The van der Waals surface area contributed by atoms with Gasteiger partial charge in [-0.15, -0.1) is 0 Å². The second-order valence-electron chi connectivity index (χ2n) is 7.70. The van der Waals surface area contributed by atoms with Crippen molar-refractivity contribution < 1.29 is 14.4 Å². The third-order valence-corrected chi connectivity index (χ3v) is 5.60. The van der Waals surface area contributed by atoms with Gasteiger partial charge in [0, 0.05) is 36.3 Å². The molecule has 0 bridgehead atoms. The van der Waals surface area contributed by atoms with E-state index in [1.807, 2.05) is 4.90 Å². The van der Waals surface area contributed by atoms with E-state index >= 15 is 0 Å². The fraction of sp³-hybridized carbons (Fsp3) is 0.550. The number of hydrogen-bond donors (Lipinski definition) is 2. The van der Waals surface area contributed by atoms with Crippen molar-refractivity contribution in [3.8, 4) is 0 Å². The monoisotopic (exact) mass is 355 g/mol. The fourth-order valence-electron chi connectivity index (χ4n) is 3.96. The van der Waals surface area contributed by atoms with Gasteiger partial charge >= 0.3 is 0 Å². The van der Waals surface area contributed by atoms with E-state index in [0.717, 1.165) is 25.7 Å². The van der Waals surface area contributed by atoms with Crippen LogP contribution in [0.15, 0.2) is 24.3 Å². The van der Waals surface area contributed by atoms with Crippen LogP contribution in [0, 0.1) is 5.92 Å². The molecule has 1 atom stereocenters. The third-order valence-electron chi connectivity index (χ3n) is 5.60. The number of nitrogens with zero attached hydrogens (tertiary/aromatic N) is 1. The van der Waals surface area contributed by atoms with Gasteiger partial charge in [0.05, 0.1) is 5.92 Å². The van der Waals surface area contributed by atoms with E-state index in [2.05, 4.69) is 10.6 Å². The molecule has 0 radical (unpaired) electrons. The van der Waals surface area contributed by atoms with Crippen molar-refractivity contribution in [1.29, 1.82) is 0 Å². The minimum atomic E-state index is -0.313. The molecule has 138 valence electrons. The lowest BCUT2D eigenvalue weighted by Gasteiger charge is -2.23. The Morgan fingerprint density at radius 2 is 1.85 bits per heavy atom. The second-order valence-corrected chi connectivity index (χ2v) is 7.70. The highest BCUT2D eigenvalue weighted by molar-refractivity contribution is 5.99. The van der Waals surface area contributed by atoms with Gasteiger partial charge in [0.15, 0.2) is 0 Å². The van der Waals surface area contributed by atoms with Gasteiger partial charge in [-0.05, 0) is 43.9 Å². The summed E-state index contributed by atoms with van der Waals surface area (Å²) in [7, 11) is 0. The SMILES string of the molecule is O=C(NC1CC1)c1cccc(NC(=O)[C@H]2CC(=O)N(C3CCCC3)C2)c1. The van der Waals surface area contributed by atoms with Crippen LogP contribution in [0.4, 0.5) is 5.69 Å². The molecule has 0 unspecified atom stereocenters. The van der Waals surface area contributed by atoms with Gasteiger partial charge < -0.3 is 15.5 Å². The highest BCUT2D eigenvalue weighted by Gasteiger charge is 2.38. The molecule has 1 aromatic carbocycles. The second kappa shape index (κ2) is 7.09. The van der Waals surface area contributed by atoms with E-state index in [-0.39, 0.29) is 30.1 Å². The minimum absolute atomic E-state index is 0.0922. The van der Waals surface area contributed by atoms with Crippen LogP contribution in [-0.2, 0) is 9.59 Å². The van der Waals surface area contributed by atoms with E-state index in [1.54, 1.807) is 24.3 Å². The zero-order chi connectivity index (χ0) is 18.1. The van der Waals surface area contributed by atoms with Crippen LogP contribution < -0.4 is 10.6 Å². The van der Waals surface area contributed by atoms with Crippen molar-refractivity contribution in [3.05, 3.63) is 29.8 Å². The summed E-state index contributed by atoms with van der Waals surface area (Å²) in [6, 6.07) is 7.59. The predicted octanol–water partition coefficient (Wildman–Crippen LogP) is 2.31. The number of amides is 3. The number of likely N-dealkylation sites (tertiary alicyclic amines) is 1. The summed E-state index contributed by atoms with van der Waals surface area (Å²) in [5.41, 5.74) is 1.15. The Balaban J connectivity index is 1.37. The van der Waals surface area contributed by atoms with Gasteiger partial charge in [0.1, 0.15) is 0 Å². The molecule has 1 aromatic rings. The molecular formula is C20H25N3O3. The molecular weight excluding hydrogens is 330 g/mol. The van der Waals surface area contributed by atoms with E-state index in [4.69, 9.17) is 0 Å². The summed E-state index contributed by atoms with van der Waals surface area (Å²) >= 11 is 0. The quantitative estimate of drug-likeness (QED) is 0.851. The molecule has 3 fully saturated rings. The molecule has 2 N–H and O–H groups in total. The Labute approximate surface area is 153 Å². The lowest BCUT2D eigenvalue weighted by atomic mass is 10.1. The smallest absolute Gasteiger partial charge is 0.251 e. The number of carbonyl (C=O) groups excluding carboxylic acids is 3.